The molecule has 3 nitrogen and oxygen atoms in total. The predicted octanol–water partition coefficient (Wildman–Crippen LogP) is 3.89. The van der Waals surface area contributed by atoms with E-state index in [0.29, 0.717) is 6.04 Å². The molecular weight excluding hydrogens is 242 g/mol. The number of nitrogens with one attached hydrogen (secondary N) is 1. The van der Waals surface area contributed by atoms with Crippen LogP contribution in [0, 0.1) is 0 Å². The molecule has 1 unspecified atom stereocenters. The van der Waals surface area contributed by atoms with Gasteiger partial charge in [-0.15, -0.1) is 11.7 Å². The highest BCUT2D eigenvalue weighted by Crippen LogP contribution is 2.26. The Bertz CT molecular complexity index is 336. The van der Waals surface area contributed by atoms with Crippen molar-refractivity contribution < 1.29 is 0 Å². The first-order valence-electron chi connectivity index (χ1n) is 6.92. The van der Waals surface area contributed by atoms with Gasteiger partial charge >= 0.3 is 0 Å². The monoisotopic (exact) mass is 267 g/mol. The van der Waals surface area contributed by atoms with Crippen molar-refractivity contribution in [2.24, 2.45) is 0 Å². The second-order valence-electron chi connectivity index (χ2n) is 4.60. The molecule has 0 fully saturated rings. The van der Waals surface area contributed by atoms with Gasteiger partial charge in [0.1, 0.15) is 0 Å². The van der Waals surface area contributed by atoms with E-state index >= 15 is 0 Å². The first-order chi connectivity index (χ1) is 8.83. The topological polar surface area (TPSA) is 37.8 Å². The molecule has 0 spiro atoms. The van der Waals surface area contributed by atoms with Gasteiger partial charge in [-0.3, -0.25) is 0 Å². The molecule has 1 N–H and O–H groups in total. The summed E-state index contributed by atoms with van der Waals surface area (Å²) in [7, 11) is 2.03. The fourth-order valence-corrected chi connectivity index (χ4v) is 2.95. The highest BCUT2D eigenvalue weighted by molar-refractivity contribution is 7.05. The van der Waals surface area contributed by atoms with Gasteiger partial charge in [-0.2, -0.15) is 0 Å². The summed E-state index contributed by atoms with van der Waals surface area (Å²) in [5.74, 6) is 0. The molecule has 0 bridgehead atoms. The molecule has 1 rings (SSSR count). The lowest BCUT2D eigenvalue weighted by atomic mass is 10.0. The zero-order chi connectivity index (χ0) is 13.2. The minimum Gasteiger partial charge on any atom is -0.312 e. The van der Waals surface area contributed by atoms with E-state index in [-0.39, 0.29) is 0 Å². The lowest BCUT2D eigenvalue weighted by Gasteiger charge is -2.15. The van der Waals surface area contributed by atoms with E-state index in [9.17, 15) is 0 Å². The van der Waals surface area contributed by atoms with Crippen LogP contribution in [0.1, 0.15) is 62.1 Å². The van der Waals surface area contributed by atoms with Gasteiger partial charge in [0.15, 0.2) is 0 Å². The van der Waals surface area contributed by atoms with Crippen molar-refractivity contribution >= 4 is 11.5 Å². The fourth-order valence-electron chi connectivity index (χ4n) is 2.11. The molecule has 1 heterocycles. The number of nitrogens with zero attached hydrogens (tertiary/aromatic N) is 2. The quantitative estimate of drug-likeness (QED) is 0.516. The fraction of sp³-hybridized carbons (Fsp3) is 0.714. The number of rotatable bonds is 10. The van der Waals surface area contributed by atoms with Crippen LogP contribution in [0.4, 0.5) is 0 Å². The molecule has 0 aromatic carbocycles. The second kappa shape index (κ2) is 9.22. The molecule has 0 aliphatic rings. The molecule has 0 saturated carbocycles. The second-order valence-corrected chi connectivity index (χ2v) is 5.39. The third kappa shape index (κ3) is 4.86. The summed E-state index contributed by atoms with van der Waals surface area (Å²) in [5, 5.41) is 7.65. The molecule has 4 heteroatoms. The third-order valence-corrected chi connectivity index (χ3v) is 4.02. The van der Waals surface area contributed by atoms with Gasteiger partial charge in [-0.25, -0.2) is 0 Å². The average molecular weight is 267 g/mol. The Morgan fingerprint density at radius 2 is 2.22 bits per heavy atom. The molecule has 1 atom stereocenters. The van der Waals surface area contributed by atoms with Crippen LogP contribution in [-0.4, -0.2) is 16.6 Å². The van der Waals surface area contributed by atoms with Gasteiger partial charge < -0.3 is 5.32 Å². The van der Waals surface area contributed by atoms with E-state index in [1.165, 1.54) is 36.3 Å². The van der Waals surface area contributed by atoms with E-state index in [4.69, 9.17) is 0 Å². The maximum absolute atomic E-state index is 4.25. The number of hydrogen-bond donors (Lipinski definition) is 1. The Balaban J connectivity index is 2.44. The van der Waals surface area contributed by atoms with Crippen molar-refractivity contribution in [1.82, 2.24) is 14.9 Å². The first-order valence-corrected chi connectivity index (χ1v) is 7.70. The molecule has 102 valence electrons. The molecule has 1 aromatic rings. The SMILES string of the molecule is C=CCCCCCC(NC)c1snnc1CCC. The maximum atomic E-state index is 4.25. The maximum Gasteiger partial charge on any atom is 0.0803 e. The van der Waals surface area contributed by atoms with Crippen molar-refractivity contribution in [1.29, 1.82) is 0 Å². The number of unbranched alkanes of at least 4 members (excludes halogenated alkanes) is 3. The minimum absolute atomic E-state index is 0.426. The van der Waals surface area contributed by atoms with Crippen LogP contribution >= 0.6 is 11.5 Å². The standard InChI is InChI=1S/C14H25N3S/c1-4-6-7-8-9-11-12(15-3)14-13(10-5-2)16-17-18-14/h4,12,15H,1,5-11H2,2-3H3. The normalized spacial score (nSPS) is 12.6. The molecule has 0 amide bonds. The summed E-state index contributed by atoms with van der Waals surface area (Å²) in [5.41, 5.74) is 1.19. The zero-order valence-corrected chi connectivity index (χ0v) is 12.4. The Morgan fingerprint density at radius 3 is 2.89 bits per heavy atom. The third-order valence-electron chi connectivity index (χ3n) is 3.14. The molecule has 18 heavy (non-hydrogen) atoms. The summed E-state index contributed by atoms with van der Waals surface area (Å²) < 4.78 is 4.11. The Hall–Kier alpha value is -0.740. The number of aromatic nitrogens is 2. The summed E-state index contributed by atoms with van der Waals surface area (Å²) in [6.07, 6.45) is 10.3. The lowest BCUT2D eigenvalue weighted by molar-refractivity contribution is 0.510. The smallest absolute Gasteiger partial charge is 0.0803 e. The van der Waals surface area contributed by atoms with E-state index in [0.717, 1.165) is 19.3 Å². The summed E-state index contributed by atoms with van der Waals surface area (Å²) in [6, 6.07) is 0.426. The van der Waals surface area contributed by atoms with Crippen molar-refractivity contribution in [2.75, 3.05) is 7.05 Å². The highest BCUT2D eigenvalue weighted by atomic mass is 32.1. The van der Waals surface area contributed by atoms with E-state index in [2.05, 4.69) is 28.4 Å². The van der Waals surface area contributed by atoms with Crippen LogP contribution in [0.5, 0.6) is 0 Å². The van der Waals surface area contributed by atoms with E-state index in [1.54, 1.807) is 11.5 Å². The van der Waals surface area contributed by atoms with Crippen LogP contribution in [0.3, 0.4) is 0 Å². The van der Waals surface area contributed by atoms with Gasteiger partial charge in [0, 0.05) is 6.04 Å². The molecule has 0 aliphatic carbocycles. The summed E-state index contributed by atoms with van der Waals surface area (Å²) in [4.78, 5) is 1.34. The van der Waals surface area contributed by atoms with Gasteiger partial charge in [0.2, 0.25) is 0 Å². The van der Waals surface area contributed by atoms with Crippen LogP contribution in [-0.2, 0) is 6.42 Å². The number of hydrogen-bond acceptors (Lipinski definition) is 4. The summed E-state index contributed by atoms with van der Waals surface area (Å²) in [6.45, 7) is 5.94. The number of allylic oxidation sites excluding steroid dienone is 1. The molecule has 0 radical (unpaired) electrons. The van der Waals surface area contributed by atoms with Crippen LogP contribution < -0.4 is 5.32 Å². The molecule has 0 saturated heterocycles. The van der Waals surface area contributed by atoms with Gasteiger partial charge in [-0.1, -0.05) is 36.8 Å². The van der Waals surface area contributed by atoms with Crippen LogP contribution in [0.15, 0.2) is 12.7 Å². The van der Waals surface area contributed by atoms with Gasteiger partial charge in [0.05, 0.1) is 10.6 Å². The van der Waals surface area contributed by atoms with Crippen molar-refractivity contribution in [2.45, 2.75) is 57.9 Å². The van der Waals surface area contributed by atoms with Crippen molar-refractivity contribution in [3.05, 3.63) is 23.2 Å². The predicted molar refractivity (Wildman–Crippen MR) is 79.0 cm³/mol. The Labute approximate surface area is 115 Å². The van der Waals surface area contributed by atoms with E-state index < -0.39 is 0 Å². The number of aryl methyl sites for hydroxylation is 1. The van der Waals surface area contributed by atoms with Crippen molar-refractivity contribution in [3.63, 3.8) is 0 Å². The van der Waals surface area contributed by atoms with Gasteiger partial charge in [0.25, 0.3) is 0 Å². The molecule has 0 aliphatic heterocycles. The lowest BCUT2D eigenvalue weighted by Crippen LogP contribution is -2.16. The van der Waals surface area contributed by atoms with Crippen LogP contribution in [0.25, 0.3) is 0 Å². The van der Waals surface area contributed by atoms with Crippen molar-refractivity contribution in [3.8, 4) is 0 Å². The molecule has 1 aromatic heterocycles. The highest BCUT2D eigenvalue weighted by Gasteiger charge is 2.16. The molecular formula is C14H25N3S. The average Bonchev–Trinajstić information content (AvgIpc) is 2.83. The first kappa shape index (κ1) is 15.3. The van der Waals surface area contributed by atoms with Gasteiger partial charge in [-0.05, 0) is 44.3 Å². The Kier molecular flexibility index (Phi) is 7.85. The Morgan fingerprint density at radius 1 is 1.39 bits per heavy atom. The van der Waals surface area contributed by atoms with Crippen LogP contribution in [0.2, 0.25) is 0 Å². The zero-order valence-electron chi connectivity index (χ0n) is 11.6. The summed E-state index contributed by atoms with van der Waals surface area (Å²) >= 11 is 1.55. The minimum atomic E-state index is 0.426. The largest absolute Gasteiger partial charge is 0.312 e. The van der Waals surface area contributed by atoms with E-state index in [1.807, 2.05) is 13.1 Å².